The number of Topliss-reactive ketones (excluding diaryl/α,β-unsaturated/α-hetero) is 1. The zero-order chi connectivity index (χ0) is 17.4. The van der Waals surface area contributed by atoms with Crippen molar-refractivity contribution in [1.29, 1.82) is 5.26 Å². The van der Waals surface area contributed by atoms with Gasteiger partial charge in [-0.05, 0) is 38.5 Å². The van der Waals surface area contributed by atoms with Gasteiger partial charge < -0.3 is 0 Å². The quantitative estimate of drug-likeness (QED) is 0.863. The second kappa shape index (κ2) is 6.08. The van der Waals surface area contributed by atoms with Crippen molar-refractivity contribution in [3.8, 4) is 6.07 Å². The molecule has 2 aromatic rings. The van der Waals surface area contributed by atoms with Gasteiger partial charge in [0, 0.05) is 28.8 Å². The van der Waals surface area contributed by atoms with Crippen LogP contribution in [0, 0.1) is 42.7 Å². The van der Waals surface area contributed by atoms with E-state index in [2.05, 4.69) is 9.97 Å². The minimum absolute atomic E-state index is 0.0751. The van der Waals surface area contributed by atoms with Crippen molar-refractivity contribution in [3.05, 3.63) is 58.7 Å². The molecule has 0 saturated heterocycles. The number of carbonyl (C=O) groups excluding carboxylic acids is 1. The standard InChI is InChI=1S/C18H15F2N3O/c1-9-6-10(2)23-18(22-9)13(8-21)17(24)12-7-11(12)16-14(19)4-3-5-15(16)20/h3-6,11-13H,7H2,1-2H3/t11-,12+,13-/m1/s1. The minimum Gasteiger partial charge on any atom is -0.297 e. The average molecular weight is 327 g/mol. The molecular weight excluding hydrogens is 312 g/mol. The van der Waals surface area contributed by atoms with Crippen molar-refractivity contribution in [3.63, 3.8) is 0 Å². The Morgan fingerprint density at radius 1 is 1.25 bits per heavy atom. The second-order valence-electron chi connectivity index (χ2n) is 6.06. The van der Waals surface area contributed by atoms with Crippen LogP contribution in [0.15, 0.2) is 24.3 Å². The van der Waals surface area contributed by atoms with Crippen molar-refractivity contribution in [2.75, 3.05) is 0 Å². The lowest BCUT2D eigenvalue weighted by Crippen LogP contribution is -2.17. The molecule has 0 radical (unpaired) electrons. The summed E-state index contributed by atoms with van der Waals surface area (Å²) in [6, 6.07) is 7.31. The summed E-state index contributed by atoms with van der Waals surface area (Å²) in [7, 11) is 0. The molecule has 4 nitrogen and oxygen atoms in total. The first kappa shape index (κ1) is 16.2. The first-order valence-electron chi connectivity index (χ1n) is 7.61. The SMILES string of the molecule is Cc1cc(C)nc([C@H](C#N)C(=O)[C@H]2C[C@H]2c2c(F)cccc2F)n1. The molecule has 6 heteroatoms. The molecule has 1 aromatic carbocycles. The fraction of sp³-hybridized carbons (Fsp3) is 0.333. The van der Waals surface area contributed by atoms with Crippen molar-refractivity contribution in [1.82, 2.24) is 9.97 Å². The van der Waals surface area contributed by atoms with Crippen LogP contribution >= 0.6 is 0 Å². The maximum absolute atomic E-state index is 13.8. The Bertz CT molecular complexity index is 819. The lowest BCUT2D eigenvalue weighted by Gasteiger charge is -2.09. The predicted molar refractivity (Wildman–Crippen MR) is 82.1 cm³/mol. The van der Waals surface area contributed by atoms with Crippen LogP contribution in [0.5, 0.6) is 0 Å². The number of halogens is 2. The van der Waals surface area contributed by atoms with Gasteiger partial charge in [0.25, 0.3) is 0 Å². The number of carbonyl (C=O) groups is 1. The summed E-state index contributed by atoms with van der Waals surface area (Å²) < 4.78 is 27.7. The van der Waals surface area contributed by atoms with Crippen molar-refractivity contribution >= 4 is 5.78 Å². The molecule has 0 spiro atoms. The molecular formula is C18H15F2N3O. The van der Waals surface area contributed by atoms with E-state index in [1.165, 1.54) is 18.2 Å². The Labute approximate surface area is 138 Å². The molecule has 1 aliphatic rings. The van der Waals surface area contributed by atoms with E-state index >= 15 is 0 Å². The molecule has 1 heterocycles. The fourth-order valence-electron chi connectivity index (χ4n) is 3.04. The highest BCUT2D eigenvalue weighted by Gasteiger charge is 2.49. The number of aryl methyl sites for hydroxylation is 2. The van der Waals surface area contributed by atoms with Gasteiger partial charge in [0.2, 0.25) is 0 Å². The fourth-order valence-corrected chi connectivity index (χ4v) is 3.04. The van der Waals surface area contributed by atoms with Gasteiger partial charge in [-0.25, -0.2) is 18.7 Å². The molecule has 1 fully saturated rings. The van der Waals surface area contributed by atoms with Gasteiger partial charge in [-0.2, -0.15) is 5.26 Å². The smallest absolute Gasteiger partial charge is 0.164 e. The second-order valence-corrected chi connectivity index (χ2v) is 6.06. The summed E-state index contributed by atoms with van der Waals surface area (Å²) >= 11 is 0. The van der Waals surface area contributed by atoms with E-state index in [0.717, 1.165) is 0 Å². The van der Waals surface area contributed by atoms with E-state index in [1.807, 2.05) is 6.07 Å². The number of hydrogen-bond acceptors (Lipinski definition) is 4. The lowest BCUT2D eigenvalue weighted by atomic mass is 9.97. The highest BCUT2D eigenvalue weighted by Crippen LogP contribution is 2.51. The first-order chi connectivity index (χ1) is 11.4. The van der Waals surface area contributed by atoms with Crippen LogP contribution in [0.2, 0.25) is 0 Å². The molecule has 1 aromatic heterocycles. The third-order valence-corrected chi connectivity index (χ3v) is 4.20. The maximum Gasteiger partial charge on any atom is 0.164 e. The van der Waals surface area contributed by atoms with E-state index < -0.39 is 29.4 Å². The molecule has 122 valence electrons. The van der Waals surface area contributed by atoms with Crippen LogP contribution in [-0.4, -0.2) is 15.8 Å². The van der Waals surface area contributed by atoms with Crippen LogP contribution in [0.1, 0.15) is 41.0 Å². The Morgan fingerprint density at radius 2 is 1.83 bits per heavy atom. The van der Waals surface area contributed by atoms with Crippen LogP contribution < -0.4 is 0 Å². The monoisotopic (exact) mass is 327 g/mol. The molecule has 3 rings (SSSR count). The number of aromatic nitrogens is 2. The average Bonchev–Trinajstić information content (AvgIpc) is 3.27. The predicted octanol–water partition coefficient (Wildman–Crippen LogP) is 3.35. The van der Waals surface area contributed by atoms with Crippen molar-refractivity contribution in [2.45, 2.75) is 32.1 Å². The van der Waals surface area contributed by atoms with Crippen LogP contribution in [0.4, 0.5) is 8.78 Å². The molecule has 0 bridgehead atoms. The van der Waals surface area contributed by atoms with E-state index in [0.29, 0.717) is 17.8 Å². The lowest BCUT2D eigenvalue weighted by molar-refractivity contribution is -0.120. The summed E-state index contributed by atoms with van der Waals surface area (Å²) in [5.41, 5.74) is 1.25. The number of nitrogens with zero attached hydrogens (tertiary/aromatic N) is 3. The number of benzene rings is 1. The Kier molecular flexibility index (Phi) is 4.10. The molecule has 1 aliphatic carbocycles. The van der Waals surface area contributed by atoms with Gasteiger partial charge in [0.1, 0.15) is 11.6 Å². The van der Waals surface area contributed by atoms with Gasteiger partial charge in [-0.15, -0.1) is 0 Å². The van der Waals surface area contributed by atoms with E-state index in [4.69, 9.17) is 0 Å². The highest BCUT2D eigenvalue weighted by molar-refractivity contribution is 5.92. The third-order valence-electron chi connectivity index (χ3n) is 4.20. The van der Waals surface area contributed by atoms with Crippen LogP contribution in [0.25, 0.3) is 0 Å². The van der Waals surface area contributed by atoms with Gasteiger partial charge in [-0.1, -0.05) is 6.07 Å². The molecule has 24 heavy (non-hydrogen) atoms. The van der Waals surface area contributed by atoms with Crippen LogP contribution in [0.3, 0.4) is 0 Å². The Morgan fingerprint density at radius 3 is 2.38 bits per heavy atom. The number of nitriles is 1. The normalized spacial score (nSPS) is 20.3. The van der Waals surface area contributed by atoms with Gasteiger partial charge in [0.05, 0.1) is 6.07 Å². The first-order valence-corrected chi connectivity index (χ1v) is 7.61. The largest absolute Gasteiger partial charge is 0.297 e. The van der Waals surface area contributed by atoms with Crippen molar-refractivity contribution in [2.24, 2.45) is 5.92 Å². The molecule has 0 aliphatic heterocycles. The van der Waals surface area contributed by atoms with Crippen molar-refractivity contribution < 1.29 is 13.6 Å². The third kappa shape index (κ3) is 2.90. The summed E-state index contributed by atoms with van der Waals surface area (Å²) in [6.45, 7) is 3.51. The Hall–Kier alpha value is -2.68. The zero-order valence-electron chi connectivity index (χ0n) is 13.3. The van der Waals surface area contributed by atoms with E-state index in [-0.39, 0.29) is 17.2 Å². The number of ketones is 1. The summed E-state index contributed by atoms with van der Waals surface area (Å²) in [5.74, 6) is -3.77. The highest BCUT2D eigenvalue weighted by atomic mass is 19.1. The number of hydrogen-bond donors (Lipinski definition) is 0. The zero-order valence-corrected chi connectivity index (χ0v) is 13.3. The van der Waals surface area contributed by atoms with Gasteiger partial charge >= 0.3 is 0 Å². The van der Waals surface area contributed by atoms with E-state index in [9.17, 15) is 18.8 Å². The molecule has 3 atom stereocenters. The minimum atomic E-state index is -1.12. The topological polar surface area (TPSA) is 66.6 Å². The molecule has 0 amide bonds. The Balaban J connectivity index is 1.86. The van der Waals surface area contributed by atoms with E-state index in [1.54, 1.807) is 19.9 Å². The van der Waals surface area contributed by atoms with Gasteiger partial charge in [0.15, 0.2) is 17.5 Å². The maximum atomic E-state index is 13.8. The van der Waals surface area contributed by atoms with Gasteiger partial charge in [-0.3, -0.25) is 4.79 Å². The van der Waals surface area contributed by atoms with Crippen LogP contribution in [-0.2, 0) is 4.79 Å². The summed E-state index contributed by atoms with van der Waals surface area (Å²) in [5, 5.41) is 9.38. The number of rotatable bonds is 4. The summed E-state index contributed by atoms with van der Waals surface area (Å²) in [6.07, 6.45) is 0.333. The molecule has 0 N–H and O–H groups in total. The summed E-state index contributed by atoms with van der Waals surface area (Å²) in [4.78, 5) is 21.0. The molecule has 0 unspecified atom stereocenters. The molecule has 1 saturated carbocycles.